The van der Waals surface area contributed by atoms with E-state index in [0.717, 1.165) is 65.9 Å². The summed E-state index contributed by atoms with van der Waals surface area (Å²) in [5, 5.41) is 13.8. The predicted molar refractivity (Wildman–Crippen MR) is 162 cm³/mol. The van der Waals surface area contributed by atoms with Crippen molar-refractivity contribution < 1.29 is 18.0 Å². The van der Waals surface area contributed by atoms with Crippen LogP contribution in [0, 0.1) is 6.92 Å². The van der Waals surface area contributed by atoms with E-state index in [4.69, 9.17) is 10.7 Å². The van der Waals surface area contributed by atoms with Crippen molar-refractivity contribution in [2.75, 3.05) is 29.5 Å². The molecule has 3 heterocycles. The fraction of sp³-hybridized carbons (Fsp3) is 0.258. The molecule has 0 aliphatic carbocycles. The number of carbonyl (C=O) groups excluding carboxylic acids is 1. The van der Waals surface area contributed by atoms with Crippen LogP contribution >= 0.6 is 0 Å². The molecule has 0 spiro atoms. The van der Waals surface area contributed by atoms with E-state index in [9.17, 15) is 18.0 Å². The Balaban J connectivity index is 1.32. The number of rotatable bonds is 6. The van der Waals surface area contributed by atoms with Crippen LogP contribution in [-0.2, 0) is 12.7 Å². The van der Waals surface area contributed by atoms with Crippen LogP contribution in [-0.4, -0.2) is 39.5 Å². The van der Waals surface area contributed by atoms with E-state index in [2.05, 4.69) is 26.3 Å². The summed E-state index contributed by atoms with van der Waals surface area (Å²) in [6, 6.07) is 15.3. The topological polar surface area (TPSA) is 121 Å². The lowest BCUT2D eigenvalue weighted by Crippen LogP contribution is -2.42. The number of imidazole rings is 1. The van der Waals surface area contributed by atoms with Crippen LogP contribution in [0.25, 0.3) is 27.5 Å². The standard InChI is InChI=1S/C31H31F3N8O/c1-18-39-27(28-29(35)38-17-22(42(18)28)16-37-21-8-5-13-36-15-21)25-11-12-26(24-10-3-2-9-23(24)25)41-30(43)40-20-7-4-6-19(14-20)31(32,33)34/h2-4,6-7,9-12,14,17,21,36-37H,5,8,13,15-16H2,1H3,(H2,35,38)(H2,40,41,43). The van der Waals surface area contributed by atoms with Gasteiger partial charge in [0.25, 0.3) is 0 Å². The molecule has 5 aromatic rings. The maximum atomic E-state index is 13.1. The van der Waals surface area contributed by atoms with Gasteiger partial charge < -0.3 is 27.0 Å². The van der Waals surface area contributed by atoms with E-state index in [1.807, 2.05) is 41.7 Å². The molecule has 12 heteroatoms. The van der Waals surface area contributed by atoms with E-state index in [1.54, 1.807) is 12.3 Å². The number of nitrogens with two attached hydrogens (primary N) is 1. The summed E-state index contributed by atoms with van der Waals surface area (Å²) in [7, 11) is 0. The lowest BCUT2D eigenvalue weighted by atomic mass is 10.00. The molecule has 3 aromatic carbocycles. The number of hydrogen-bond donors (Lipinski definition) is 5. The van der Waals surface area contributed by atoms with Gasteiger partial charge in [0, 0.05) is 35.8 Å². The number of aryl methyl sites for hydroxylation is 1. The van der Waals surface area contributed by atoms with Crippen molar-refractivity contribution in [2.24, 2.45) is 0 Å². The van der Waals surface area contributed by atoms with Crippen molar-refractivity contribution in [1.29, 1.82) is 0 Å². The maximum Gasteiger partial charge on any atom is 0.416 e. The van der Waals surface area contributed by atoms with Crippen LogP contribution < -0.4 is 27.0 Å². The highest BCUT2D eigenvalue weighted by Gasteiger charge is 2.30. The number of nitrogens with zero attached hydrogens (tertiary/aromatic N) is 3. The van der Waals surface area contributed by atoms with Crippen LogP contribution in [0.4, 0.5) is 35.2 Å². The van der Waals surface area contributed by atoms with Gasteiger partial charge in [0.1, 0.15) is 22.9 Å². The summed E-state index contributed by atoms with van der Waals surface area (Å²) < 4.78 is 41.4. The van der Waals surface area contributed by atoms with Crippen LogP contribution in [0.1, 0.15) is 29.9 Å². The number of urea groups is 1. The van der Waals surface area contributed by atoms with E-state index < -0.39 is 17.8 Å². The molecule has 0 radical (unpaired) electrons. The van der Waals surface area contributed by atoms with Crippen molar-refractivity contribution in [3.63, 3.8) is 0 Å². The van der Waals surface area contributed by atoms with E-state index in [1.165, 1.54) is 12.1 Å². The van der Waals surface area contributed by atoms with E-state index in [0.29, 0.717) is 35.3 Å². The number of aromatic nitrogens is 3. The van der Waals surface area contributed by atoms with Gasteiger partial charge in [0.05, 0.1) is 23.1 Å². The van der Waals surface area contributed by atoms with Crippen molar-refractivity contribution in [1.82, 2.24) is 25.0 Å². The summed E-state index contributed by atoms with van der Waals surface area (Å²) in [5.74, 6) is 1.12. The van der Waals surface area contributed by atoms with Gasteiger partial charge in [-0.2, -0.15) is 13.2 Å². The fourth-order valence-electron chi connectivity index (χ4n) is 5.64. The van der Waals surface area contributed by atoms with Gasteiger partial charge in [-0.1, -0.05) is 36.4 Å². The number of halogens is 3. The molecule has 43 heavy (non-hydrogen) atoms. The number of hydrogen-bond acceptors (Lipinski definition) is 6. The highest BCUT2D eigenvalue weighted by atomic mass is 19.4. The monoisotopic (exact) mass is 588 g/mol. The van der Waals surface area contributed by atoms with Crippen LogP contribution in [0.5, 0.6) is 0 Å². The Morgan fingerprint density at radius 1 is 1.09 bits per heavy atom. The first-order valence-corrected chi connectivity index (χ1v) is 14.0. The molecular weight excluding hydrogens is 557 g/mol. The Hall–Kier alpha value is -4.68. The minimum atomic E-state index is -4.51. The van der Waals surface area contributed by atoms with Crippen molar-refractivity contribution in [2.45, 2.75) is 38.5 Å². The summed E-state index contributed by atoms with van der Waals surface area (Å²) >= 11 is 0. The molecule has 1 saturated heterocycles. The number of alkyl halides is 3. The molecule has 1 fully saturated rings. The third-order valence-corrected chi connectivity index (χ3v) is 7.67. The van der Waals surface area contributed by atoms with Crippen LogP contribution in [0.3, 0.4) is 0 Å². The zero-order valence-corrected chi connectivity index (χ0v) is 23.4. The Bertz CT molecular complexity index is 1810. The normalized spacial score (nSPS) is 15.6. The Kier molecular flexibility index (Phi) is 7.63. The van der Waals surface area contributed by atoms with E-state index in [-0.39, 0.29) is 5.69 Å². The first-order valence-electron chi connectivity index (χ1n) is 14.0. The number of amides is 2. The molecule has 6 N–H and O–H groups in total. The molecule has 1 atom stereocenters. The molecule has 6 rings (SSSR count). The van der Waals surface area contributed by atoms with Gasteiger partial charge in [-0.05, 0) is 56.0 Å². The molecule has 2 aromatic heterocycles. The SMILES string of the molecule is Cc1nc(-c2ccc(NC(=O)Nc3cccc(C(F)(F)F)c3)c3ccccc23)c2c(N)ncc(CNC3CCCNC3)n12. The third-order valence-electron chi connectivity index (χ3n) is 7.67. The fourth-order valence-corrected chi connectivity index (χ4v) is 5.64. The number of nitrogens with one attached hydrogen (secondary N) is 4. The minimum Gasteiger partial charge on any atom is -0.382 e. The Morgan fingerprint density at radius 2 is 1.91 bits per heavy atom. The van der Waals surface area contributed by atoms with Crippen molar-refractivity contribution in [3.8, 4) is 11.3 Å². The molecule has 1 aliphatic heterocycles. The van der Waals surface area contributed by atoms with Gasteiger partial charge in [-0.15, -0.1) is 0 Å². The van der Waals surface area contributed by atoms with E-state index >= 15 is 0 Å². The quantitative estimate of drug-likeness (QED) is 0.167. The number of piperidine rings is 1. The molecule has 9 nitrogen and oxygen atoms in total. The predicted octanol–water partition coefficient (Wildman–Crippen LogP) is 5.94. The Labute approximate surface area is 245 Å². The average molecular weight is 589 g/mol. The highest BCUT2D eigenvalue weighted by Crippen LogP contribution is 2.37. The second kappa shape index (κ2) is 11.5. The third kappa shape index (κ3) is 5.84. The first-order chi connectivity index (χ1) is 20.7. The number of benzene rings is 3. The first kappa shape index (κ1) is 28.4. The van der Waals surface area contributed by atoms with Gasteiger partial charge >= 0.3 is 12.2 Å². The zero-order valence-electron chi connectivity index (χ0n) is 23.4. The molecule has 1 aliphatic rings. The summed E-state index contributed by atoms with van der Waals surface area (Å²) in [6.07, 6.45) is -0.500. The second-order valence-corrected chi connectivity index (χ2v) is 10.6. The van der Waals surface area contributed by atoms with Gasteiger partial charge in [-0.25, -0.2) is 14.8 Å². The second-order valence-electron chi connectivity index (χ2n) is 10.6. The molecule has 0 saturated carbocycles. The number of anilines is 3. The zero-order chi connectivity index (χ0) is 30.1. The molecule has 2 amide bonds. The largest absolute Gasteiger partial charge is 0.416 e. The summed E-state index contributed by atoms with van der Waals surface area (Å²) in [6.45, 7) is 4.50. The molecule has 1 unspecified atom stereocenters. The lowest BCUT2D eigenvalue weighted by Gasteiger charge is -2.24. The molecule has 0 bridgehead atoms. The smallest absolute Gasteiger partial charge is 0.382 e. The van der Waals surface area contributed by atoms with Crippen molar-refractivity contribution in [3.05, 3.63) is 83.9 Å². The van der Waals surface area contributed by atoms with Crippen LogP contribution in [0.15, 0.2) is 66.9 Å². The summed E-state index contributed by atoms with van der Waals surface area (Å²) in [5.41, 5.74) is 9.22. The van der Waals surface area contributed by atoms with Gasteiger partial charge in [0.15, 0.2) is 0 Å². The number of carbonyl (C=O) groups is 1. The Morgan fingerprint density at radius 3 is 2.67 bits per heavy atom. The van der Waals surface area contributed by atoms with Gasteiger partial charge in [-0.3, -0.25) is 4.40 Å². The lowest BCUT2D eigenvalue weighted by molar-refractivity contribution is -0.137. The number of nitrogen functional groups attached to an aromatic ring is 1. The molecular formula is C31H31F3N8O. The maximum absolute atomic E-state index is 13.1. The molecule has 222 valence electrons. The van der Waals surface area contributed by atoms with Gasteiger partial charge in [0.2, 0.25) is 0 Å². The van der Waals surface area contributed by atoms with Crippen LogP contribution in [0.2, 0.25) is 0 Å². The highest BCUT2D eigenvalue weighted by molar-refractivity contribution is 6.10. The minimum absolute atomic E-state index is 0.0289. The van der Waals surface area contributed by atoms with Crippen molar-refractivity contribution >= 4 is 39.5 Å². The number of fused-ring (bicyclic) bond motifs is 2. The summed E-state index contributed by atoms with van der Waals surface area (Å²) in [4.78, 5) is 22.2. The average Bonchev–Trinajstić information content (AvgIpc) is 3.35.